The van der Waals surface area contributed by atoms with Gasteiger partial charge in [-0.3, -0.25) is 0 Å². The van der Waals surface area contributed by atoms with E-state index in [2.05, 4.69) is 22.1 Å². The molecule has 3 aromatic heterocycles. The average Bonchev–Trinajstić information content (AvgIpc) is 3.65. The number of benzene rings is 1. The van der Waals surface area contributed by atoms with Gasteiger partial charge in [0.15, 0.2) is 0 Å². The highest BCUT2D eigenvalue weighted by Gasteiger charge is 2.45. The van der Waals surface area contributed by atoms with Gasteiger partial charge in [-0.05, 0) is 42.8 Å². The van der Waals surface area contributed by atoms with Gasteiger partial charge in [-0.15, -0.1) is 21.5 Å². The largest absolute Gasteiger partial charge is 0.491 e. The summed E-state index contributed by atoms with van der Waals surface area (Å²) in [7, 11) is 0. The van der Waals surface area contributed by atoms with E-state index in [0.29, 0.717) is 35.9 Å². The number of imidazole rings is 1. The summed E-state index contributed by atoms with van der Waals surface area (Å²) in [5.41, 5.74) is 0.858. The zero-order chi connectivity index (χ0) is 23.4. The van der Waals surface area contributed by atoms with E-state index in [0.717, 1.165) is 35.5 Å². The lowest BCUT2D eigenvalue weighted by molar-refractivity contribution is -0.186. The zero-order valence-electron chi connectivity index (χ0n) is 18.7. The van der Waals surface area contributed by atoms with Gasteiger partial charge in [0.2, 0.25) is 17.6 Å². The van der Waals surface area contributed by atoms with Gasteiger partial charge in [0.25, 0.3) is 0 Å². The fraction of sp³-hybridized carbons (Fsp3) is 0.375. The molecule has 1 saturated heterocycles. The molecule has 1 aliphatic heterocycles. The molecule has 4 heterocycles. The minimum absolute atomic E-state index is 0.235. The first-order valence-electron chi connectivity index (χ1n) is 11.2. The van der Waals surface area contributed by atoms with Crippen molar-refractivity contribution >= 4 is 22.9 Å². The maximum absolute atomic E-state index is 6.39. The summed E-state index contributed by atoms with van der Waals surface area (Å²) in [6.07, 6.45) is 8.04. The van der Waals surface area contributed by atoms with E-state index in [1.807, 2.05) is 47.2 Å². The van der Waals surface area contributed by atoms with Crippen LogP contribution in [0.5, 0.6) is 5.75 Å². The lowest BCUT2D eigenvalue weighted by Crippen LogP contribution is -2.33. The summed E-state index contributed by atoms with van der Waals surface area (Å²) >= 11 is 7.64. The third-order valence-corrected chi connectivity index (χ3v) is 6.86. The van der Waals surface area contributed by atoms with Gasteiger partial charge in [0.05, 0.1) is 28.7 Å². The van der Waals surface area contributed by atoms with E-state index in [-0.39, 0.29) is 6.10 Å². The molecule has 0 amide bonds. The van der Waals surface area contributed by atoms with Gasteiger partial charge in [-0.2, -0.15) is 0 Å². The summed E-state index contributed by atoms with van der Waals surface area (Å²) in [5, 5.41) is 8.26. The highest BCUT2D eigenvalue weighted by Crippen LogP contribution is 2.41. The predicted molar refractivity (Wildman–Crippen MR) is 128 cm³/mol. The second-order valence-corrected chi connectivity index (χ2v) is 9.80. The Bertz CT molecular complexity index is 1190. The van der Waals surface area contributed by atoms with E-state index in [1.54, 1.807) is 12.5 Å². The first-order chi connectivity index (χ1) is 16.6. The van der Waals surface area contributed by atoms with Gasteiger partial charge >= 0.3 is 0 Å². The van der Waals surface area contributed by atoms with Gasteiger partial charge in [0, 0.05) is 24.4 Å². The number of hydrogen-bond donors (Lipinski definition) is 0. The van der Waals surface area contributed by atoms with Crippen molar-refractivity contribution in [2.75, 3.05) is 13.2 Å². The number of halogens is 1. The lowest BCUT2D eigenvalue weighted by Gasteiger charge is -2.27. The zero-order valence-corrected chi connectivity index (χ0v) is 20.3. The minimum atomic E-state index is -0.927. The summed E-state index contributed by atoms with van der Waals surface area (Å²) < 4.78 is 26.9. The third-order valence-electron chi connectivity index (χ3n) is 5.51. The van der Waals surface area contributed by atoms with Crippen molar-refractivity contribution in [2.24, 2.45) is 0 Å². The number of aryl methyl sites for hydroxylation is 1. The third kappa shape index (κ3) is 5.17. The van der Waals surface area contributed by atoms with Crippen LogP contribution in [-0.2, 0) is 28.2 Å². The average molecular weight is 501 g/mol. The highest BCUT2D eigenvalue weighted by molar-refractivity contribution is 7.16. The number of unbranched alkanes of at least 4 members (excludes halogenated alkanes) is 1. The van der Waals surface area contributed by atoms with E-state index < -0.39 is 5.79 Å². The van der Waals surface area contributed by atoms with Crippen LogP contribution in [0.15, 0.2) is 59.5 Å². The molecule has 2 atom stereocenters. The van der Waals surface area contributed by atoms with Crippen LogP contribution in [0.25, 0.3) is 11.5 Å². The van der Waals surface area contributed by atoms with Gasteiger partial charge in [0.1, 0.15) is 18.5 Å². The first-order valence-corrected chi connectivity index (χ1v) is 12.4. The Morgan fingerprint density at radius 2 is 2.09 bits per heavy atom. The van der Waals surface area contributed by atoms with Crippen LogP contribution in [0.3, 0.4) is 0 Å². The molecule has 0 aliphatic carbocycles. The number of ether oxygens (including phenoxy) is 3. The highest BCUT2D eigenvalue weighted by atomic mass is 35.5. The van der Waals surface area contributed by atoms with Crippen LogP contribution < -0.4 is 4.74 Å². The summed E-state index contributed by atoms with van der Waals surface area (Å²) in [4.78, 5) is 5.03. The van der Waals surface area contributed by atoms with Crippen molar-refractivity contribution in [3.05, 3.63) is 70.2 Å². The molecule has 0 radical (unpaired) electrons. The Kier molecular flexibility index (Phi) is 6.96. The van der Waals surface area contributed by atoms with Gasteiger partial charge < -0.3 is 23.2 Å². The minimum Gasteiger partial charge on any atom is -0.491 e. The smallest absolute Gasteiger partial charge is 0.247 e. The molecule has 1 fully saturated rings. The van der Waals surface area contributed by atoms with Crippen molar-refractivity contribution in [1.29, 1.82) is 0 Å². The molecule has 178 valence electrons. The lowest BCUT2D eigenvalue weighted by atomic mass is 10.2. The van der Waals surface area contributed by atoms with Crippen LogP contribution in [0.2, 0.25) is 4.34 Å². The summed E-state index contributed by atoms with van der Waals surface area (Å²) in [6.45, 7) is 3.37. The molecular weight excluding hydrogens is 476 g/mol. The van der Waals surface area contributed by atoms with Crippen molar-refractivity contribution in [1.82, 2.24) is 19.7 Å². The molecule has 0 bridgehead atoms. The first kappa shape index (κ1) is 23.0. The van der Waals surface area contributed by atoms with Crippen molar-refractivity contribution in [3.8, 4) is 17.2 Å². The second-order valence-electron chi connectivity index (χ2n) is 8.08. The van der Waals surface area contributed by atoms with E-state index >= 15 is 0 Å². The van der Waals surface area contributed by atoms with E-state index in [4.69, 9.17) is 30.2 Å². The quantitative estimate of drug-likeness (QED) is 0.290. The number of aromatic nitrogens is 4. The fourth-order valence-corrected chi connectivity index (χ4v) is 4.88. The molecule has 0 spiro atoms. The molecule has 0 saturated carbocycles. The van der Waals surface area contributed by atoms with Crippen LogP contribution in [-0.4, -0.2) is 39.1 Å². The van der Waals surface area contributed by atoms with Crippen LogP contribution in [0, 0.1) is 0 Å². The molecule has 5 rings (SSSR count). The molecular formula is C24H25ClN4O4S. The standard InChI is InChI=1S/C24H25ClN4O4S/c1-2-3-4-22-27-28-23(32-22)17-5-7-18(8-6-17)30-13-19-14-31-24(33-19,15-29-12-11-26-16-29)20-9-10-21(25)34-20/h5-12,16,19H,2-4,13-15H2,1H3. The fourth-order valence-electron chi connectivity index (χ4n) is 3.76. The molecule has 2 unspecified atom stereocenters. The molecule has 8 nitrogen and oxygen atoms in total. The van der Waals surface area contributed by atoms with Crippen molar-refractivity contribution in [2.45, 2.75) is 44.6 Å². The van der Waals surface area contributed by atoms with E-state index in [1.165, 1.54) is 11.3 Å². The Labute approximate surface area is 206 Å². The Morgan fingerprint density at radius 3 is 2.82 bits per heavy atom. The maximum Gasteiger partial charge on any atom is 0.247 e. The molecule has 1 aromatic carbocycles. The maximum atomic E-state index is 6.39. The number of nitrogens with zero attached hydrogens (tertiary/aromatic N) is 4. The molecule has 1 aliphatic rings. The predicted octanol–water partition coefficient (Wildman–Crippen LogP) is 5.34. The van der Waals surface area contributed by atoms with Crippen molar-refractivity contribution in [3.63, 3.8) is 0 Å². The Balaban J connectivity index is 1.21. The molecule has 0 N–H and O–H groups in total. The molecule has 10 heteroatoms. The number of hydrogen-bond acceptors (Lipinski definition) is 8. The SMILES string of the molecule is CCCCc1nnc(-c2ccc(OCC3COC(Cn4ccnc4)(c4ccc(Cl)s4)O3)cc2)o1. The summed E-state index contributed by atoms with van der Waals surface area (Å²) in [5.74, 6) is 0.985. The van der Waals surface area contributed by atoms with Crippen molar-refractivity contribution < 1.29 is 18.6 Å². The van der Waals surface area contributed by atoms with Gasteiger partial charge in [-0.25, -0.2) is 4.98 Å². The van der Waals surface area contributed by atoms with Crippen LogP contribution >= 0.6 is 22.9 Å². The second kappa shape index (κ2) is 10.3. The van der Waals surface area contributed by atoms with Crippen LogP contribution in [0.1, 0.15) is 30.5 Å². The molecule has 34 heavy (non-hydrogen) atoms. The number of thiophene rings is 1. The topological polar surface area (TPSA) is 84.4 Å². The Morgan fingerprint density at radius 1 is 1.21 bits per heavy atom. The monoisotopic (exact) mass is 500 g/mol. The summed E-state index contributed by atoms with van der Waals surface area (Å²) in [6, 6.07) is 11.4. The van der Waals surface area contributed by atoms with Crippen LogP contribution in [0.4, 0.5) is 0 Å². The molecule has 4 aromatic rings. The number of rotatable bonds is 10. The van der Waals surface area contributed by atoms with Gasteiger partial charge in [-0.1, -0.05) is 24.9 Å². The van der Waals surface area contributed by atoms with E-state index in [9.17, 15) is 0 Å². The normalized spacial score (nSPS) is 20.1. The Hall–Kier alpha value is -2.72.